The number of benzene rings is 1. The lowest BCUT2D eigenvalue weighted by molar-refractivity contribution is 0.0473. The third kappa shape index (κ3) is 4.17. The Morgan fingerprint density at radius 2 is 1.91 bits per heavy atom. The first-order valence-electron chi connectivity index (χ1n) is 10.2. The van der Waals surface area contributed by atoms with Crippen LogP contribution in [0, 0.1) is 26.6 Å². The topological polar surface area (TPSA) is 95.3 Å². The summed E-state index contributed by atoms with van der Waals surface area (Å²) in [5.41, 5.74) is 2.87. The van der Waals surface area contributed by atoms with Gasteiger partial charge in [0, 0.05) is 34.4 Å². The second-order valence-electron chi connectivity index (χ2n) is 8.17. The molecule has 0 aliphatic carbocycles. The van der Waals surface area contributed by atoms with E-state index in [9.17, 15) is 22.4 Å². The minimum Gasteiger partial charge on any atom is -0.454 e. The molecular weight excluding hydrogens is 435 g/mol. The van der Waals surface area contributed by atoms with E-state index >= 15 is 0 Å². The summed E-state index contributed by atoms with van der Waals surface area (Å²) in [6, 6.07) is 7.16. The Morgan fingerprint density at radius 1 is 1.16 bits per heavy atom. The summed E-state index contributed by atoms with van der Waals surface area (Å²) in [5, 5.41) is 0.588. The van der Waals surface area contributed by atoms with Crippen molar-refractivity contribution < 1.29 is 27.1 Å². The van der Waals surface area contributed by atoms with Crippen molar-refractivity contribution in [3.8, 4) is 0 Å². The number of carbonyl (C=O) groups is 2. The predicted octanol–water partition coefficient (Wildman–Crippen LogP) is 3.50. The number of aromatic nitrogens is 2. The van der Waals surface area contributed by atoms with E-state index in [0.29, 0.717) is 34.3 Å². The van der Waals surface area contributed by atoms with Crippen LogP contribution < -0.4 is 0 Å². The highest BCUT2D eigenvalue weighted by Crippen LogP contribution is 2.29. The summed E-state index contributed by atoms with van der Waals surface area (Å²) in [4.78, 5) is 29.6. The normalized spacial score (nSPS) is 17.6. The number of sulfone groups is 1. The van der Waals surface area contributed by atoms with E-state index in [1.807, 2.05) is 11.5 Å². The molecule has 2 aromatic heterocycles. The minimum absolute atomic E-state index is 0.0596. The monoisotopic (exact) mass is 458 g/mol. The van der Waals surface area contributed by atoms with Gasteiger partial charge in [0.2, 0.25) is 5.78 Å². The van der Waals surface area contributed by atoms with Gasteiger partial charge in [0.05, 0.1) is 28.3 Å². The average molecular weight is 459 g/mol. The molecule has 168 valence electrons. The molecule has 0 saturated carbocycles. The highest BCUT2D eigenvalue weighted by atomic mass is 32.2. The molecule has 9 heteroatoms. The number of carbonyl (C=O) groups excluding carboxylic acids is 2. The maximum atomic E-state index is 13.4. The number of ketones is 1. The number of Topliss-reactive ketones (excluding diaryl/α,β-unsaturated/α-hetero) is 1. The molecule has 3 aromatic rings. The predicted molar refractivity (Wildman–Crippen MR) is 117 cm³/mol. The Hall–Kier alpha value is -3.07. The molecule has 0 bridgehead atoms. The summed E-state index contributed by atoms with van der Waals surface area (Å²) >= 11 is 0. The highest BCUT2D eigenvalue weighted by molar-refractivity contribution is 7.91. The van der Waals surface area contributed by atoms with Crippen molar-refractivity contribution in [1.82, 2.24) is 9.55 Å². The van der Waals surface area contributed by atoms with Gasteiger partial charge in [0.15, 0.2) is 16.4 Å². The van der Waals surface area contributed by atoms with Crippen molar-refractivity contribution in [2.75, 3.05) is 18.1 Å². The molecule has 1 unspecified atom stereocenters. The molecule has 1 aliphatic rings. The molecule has 3 heterocycles. The molecule has 1 saturated heterocycles. The summed E-state index contributed by atoms with van der Waals surface area (Å²) in [6.45, 7) is 4.76. The van der Waals surface area contributed by atoms with Gasteiger partial charge in [0.1, 0.15) is 5.82 Å². The zero-order valence-electron chi connectivity index (χ0n) is 18.0. The molecule has 1 fully saturated rings. The molecule has 1 aliphatic heterocycles. The molecule has 0 amide bonds. The number of aryl methyl sites for hydroxylation is 2. The standard InChI is InChI=1S/C23H23FN2O5S/c1-13-8-20(15(3)26(13)18-6-7-32(29,30)12-18)22(27)11-31-23(28)19-9-16-4-5-17(24)10-21(16)25-14(19)2/h4-5,8-10,18H,6-7,11-12H2,1-3H3. The lowest BCUT2D eigenvalue weighted by Crippen LogP contribution is -2.17. The van der Waals surface area contributed by atoms with E-state index in [1.165, 1.54) is 18.2 Å². The Bertz CT molecular complexity index is 1360. The van der Waals surface area contributed by atoms with Gasteiger partial charge in [-0.05, 0) is 51.5 Å². The number of rotatable bonds is 5. The molecule has 1 aromatic carbocycles. The van der Waals surface area contributed by atoms with Crippen LogP contribution in [0.3, 0.4) is 0 Å². The number of esters is 1. The largest absolute Gasteiger partial charge is 0.454 e. The fourth-order valence-electron chi connectivity index (χ4n) is 4.33. The van der Waals surface area contributed by atoms with Crippen LogP contribution >= 0.6 is 0 Å². The van der Waals surface area contributed by atoms with Crippen LogP contribution in [0.15, 0.2) is 30.3 Å². The van der Waals surface area contributed by atoms with Gasteiger partial charge in [-0.2, -0.15) is 0 Å². The summed E-state index contributed by atoms with van der Waals surface area (Å²) < 4.78 is 44.2. The van der Waals surface area contributed by atoms with Crippen LogP contribution in [-0.2, 0) is 14.6 Å². The minimum atomic E-state index is -3.06. The number of ether oxygens (including phenoxy) is 1. The summed E-state index contributed by atoms with van der Waals surface area (Å²) in [7, 11) is -3.06. The van der Waals surface area contributed by atoms with Gasteiger partial charge < -0.3 is 9.30 Å². The second-order valence-corrected chi connectivity index (χ2v) is 10.4. The summed E-state index contributed by atoms with van der Waals surface area (Å²) in [5.74, 6) is -1.28. The number of nitrogens with zero attached hydrogens (tertiary/aromatic N) is 2. The van der Waals surface area contributed by atoms with Crippen molar-refractivity contribution in [3.05, 3.63) is 64.4 Å². The Labute approximate surface area is 185 Å². The van der Waals surface area contributed by atoms with E-state index in [0.717, 1.165) is 5.69 Å². The smallest absolute Gasteiger partial charge is 0.340 e. The zero-order chi connectivity index (χ0) is 23.2. The molecular formula is C23H23FN2O5S. The van der Waals surface area contributed by atoms with Crippen LogP contribution in [-0.4, -0.2) is 47.8 Å². The van der Waals surface area contributed by atoms with Gasteiger partial charge in [-0.3, -0.25) is 9.78 Å². The fraction of sp³-hybridized carbons (Fsp3) is 0.348. The SMILES string of the molecule is Cc1nc2cc(F)ccc2cc1C(=O)OCC(=O)c1cc(C)n(C2CCS(=O)(=O)C2)c1C. The molecule has 0 radical (unpaired) electrons. The summed E-state index contributed by atoms with van der Waals surface area (Å²) in [6.07, 6.45) is 0.513. The average Bonchev–Trinajstić information content (AvgIpc) is 3.22. The van der Waals surface area contributed by atoms with Crippen LogP contribution in [0.4, 0.5) is 4.39 Å². The van der Waals surface area contributed by atoms with Gasteiger partial charge >= 0.3 is 5.97 Å². The Morgan fingerprint density at radius 3 is 2.59 bits per heavy atom. The molecule has 4 rings (SSSR count). The van der Waals surface area contributed by atoms with E-state index in [-0.39, 0.29) is 28.9 Å². The Kier molecular flexibility index (Phi) is 5.62. The number of hydrogen-bond donors (Lipinski definition) is 0. The third-order valence-electron chi connectivity index (χ3n) is 5.88. The van der Waals surface area contributed by atoms with Crippen LogP contribution in [0.5, 0.6) is 0 Å². The van der Waals surface area contributed by atoms with Crippen LogP contribution in [0.1, 0.15) is 50.3 Å². The molecule has 7 nitrogen and oxygen atoms in total. The first kappa shape index (κ1) is 22.1. The second kappa shape index (κ2) is 8.12. The van der Waals surface area contributed by atoms with E-state index < -0.39 is 28.2 Å². The molecule has 1 atom stereocenters. The lowest BCUT2D eigenvalue weighted by atomic mass is 10.1. The Balaban J connectivity index is 1.50. The van der Waals surface area contributed by atoms with Gasteiger partial charge in [-0.25, -0.2) is 17.6 Å². The van der Waals surface area contributed by atoms with E-state index in [4.69, 9.17) is 4.74 Å². The van der Waals surface area contributed by atoms with Gasteiger partial charge in [-0.15, -0.1) is 0 Å². The molecule has 32 heavy (non-hydrogen) atoms. The van der Waals surface area contributed by atoms with Gasteiger partial charge in [0.25, 0.3) is 0 Å². The van der Waals surface area contributed by atoms with Crippen LogP contribution in [0.2, 0.25) is 0 Å². The fourth-order valence-corrected chi connectivity index (χ4v) is 6.03. The number of halogens is 1. The highest BCUT2D eigenvalue weighted by Gasteiger charge is 2.31. The van der Waals surface area contributed by atoms with E-state index in [2.05, 4.69) is 4.98 Å². The van der Waals surface area contributed by atoms with Crippen molar-refractivity contribution >= 4 is 32.5 Å². The van der Waals surface area contributed by atoms with Crippen molar-refractivity contribution in [2.45, 2.75) is 33.2 Å². The zero-order valence-corrected chi connectivity index (χ0v) is 18.8. The maximum absolute atomic E-state index is 13.4. The van der Waals surface area contributed by atoms with Gasteiger partial charge in [-0.1, -0.05) is 0 Å². The molecule has 0 N–H and O–H groups in total. The first-order chi connectivity index (χ1) is 15.1. The molecule has 0 spiro atoms. The first-order valence-corrected chi connectivity index (χ1v) is 12.0. The van der Waals surface area contributed by atoms with Crippen molar-refractivity contribution in [1.29, 1.82) is 0 Å². The van der Waals surface area contributed by atoms with Crippen molar-refractivity contribution in [3.63, 3.8) is 0 Å². The number of fused-ring (bicyclic) bond motifs is 1. The maximum Gasteiger partial charge on any atom is 0.340 e. The van der Waals surface area contributed by atoms with Crippen LogP contribution in [0.25, 0.3) is 10.9 Å². The quantitative estimate of drug-likeness (QED) is 0.429. The third-order valence-corrected chi connectivity index (χ3v) is 7.63. The van der Waals surface area contributed by atoms with Crippen molar-refractivity contribution in [2.24, 2.45) is 0 Å². The number of hydrogen-bond acceptors (Lipinski definition) is 6. The lowest BCUT2D eigenvalue weighted by Gasteiger charge is -2.16. The van der Waals surface area contributed by atoms with E-state index in [1.54, 1.807) is 26.0 Å². The number of pyridine rings is 1.